The van der Waals surface area contributed by atoms with Gasteiger partial charge in [-0.05, 0) is 61.1 Å². The van der Waals surface area contributed by atoms with E-state index in [-0.39, 0.29) is 23.5 Å². The Bertz CT molecular complexity index is 1300. The van der Waals surface area contributed by atoms with Crippen LogP contribution in [0, 0.1) is 30.2 Å². The molecule has 0 unspecified atom stereocenters. The second-order valence-electron chi connectivity index (χ2n) is 8.14. The van der Waals surface area contributed by atoms with Gasteiger partial charge in [-0.2, -0.15) is 4.39 Å². The van der Waals surface area contributed by atoms with Crippen molar-refractivity contribution in [2.75, 3.05) is 6.61 Å². The van der Waals surface area contributed by atoms with Crippen LogP contribution in [0.3, 0.4) is 0 Å². The van der Waals surface area contributed by atoms with E-state index in [1.54, 1.807) is 43.3 Å². The van der Waals surface area contributed by atoms with Gasteiger partial charge >= 0.3 is 0 Å². The van der Waals surface area contributed by atoms with Gasteiger partial charge in [-0.15, -0.1) is 0 Å². The Morgan fingerprint density at radius 2 is 1.15 bits per heavy atom. The molecule has 0 spiro atoms. The lowest BCUT2D eigenvalue weighted by molar-refractivity contribution is 0.314. The standard InChI is InChI=1S/C29H24F4O/c1-3-34-25-17-16-24(28(32)29(25)33)21-12-10-20(11-13-21)23-15-14-22(26(30)27(23)31)9-8-19-6-4-18(2)5-7-19/h4-7,10-17H,3,8-9H2,1-2H3. The molecule has 0 aromatic heterocycles. The Balaban J connectivity index is 1.55. The Morgan fingerprint density at radius 3 is 1.74 bits per heavy atom. The fourth-order valence-electron chi connectivity index (χ4n) is 3.89. The average molecular weight is 465 g/mol. The maximum absolute atomic E-state index is 14.9. The minimum absolute atomic E-state index is 0.0607. The summed E-state index contributed by atoms with van der Waals surface area (Å²) in [6.45, 7) is 3.90. The van der Waals surface area contributed by atoms with Gasteiger partial charge in [-0.1, -0.05) is 66.2 Å². The topological polar surface area (TPSA) is 9.23 Å². The molecule has 0 fully saturated rings. The lowest BCUT2D eigenvalue weighted by Gasteiger charge is -2.11. The van der Waals surface area contributed by atoms with Crippen LogP contribution in [0.2, 0.25) is 0 Å². The molecule has 1 nitrogen and oxygen atoms in total. The molecule has 0 N–H and O–H groups in total. The lowest BCUT2D eigenvalue weighted by atomic mass is 9.97. The van der Waals surface area contributed by atoms with Gasteiger partial charge in [-0.3, -0.25) is 0 Å². The minimum atomic E-state index is -1.06. The van der Waals surface area contributed by atoms with E-state index in [2.05, 4.69) is 0 Å². The molecule has 0 bridgehead atoms. The van der Waals surface area contributed by atoms with Crippen molar-refractivity contribution in [3.63, 3.8) is 0 Å². The molecule has 174 valence electrons. The van der Waals surface area contributed by atoms with Crippen LogP contribution in [0.5, 0.6) is 5.75 Å². The molecule has 0 amide bonds. The van der Waals surface area contributed by atoms with Crippen molar-refractivity contribution in [1.29, 1.82) is 0 Å². The first-order chi connectivity index (χ1) is 16.4. The molecule has 0 saturated carbocycles. The Labute approximate surface area is 196 Å². The van der Waals surface area contributed by atoms with Gasteiger partial charge in [0.05, 0.1) is 6.61 Å². The fraction of sp³-hybridized carbons (Fsp3) is 0.172. The molecule has 0 heterocycles. The number of hydrogen-bond donors (Lipinski definition) is 0. The normalized spacial score (nSPS) is 11.0. The van der Waals surface area contributed by atoms with Gasteiger partial charge in [0.15, 0.2) is 23.2 Å². The highest BCUT2D eigenvalue weighted by molar-refractivity contribution is 5.71. The second-order valence-corrected chi connectivity index (χ2v) is 8.14. The number of rotatable bonds is 7. The van der Waals surface area contributed by atoms with Crippen molar-refractivity contribution in [2.45, 2.75) is 26.7 Å². The molecule has 0 aliphatic carbocycles. The molecule has 4 aromatic rings. The van der Waals surface area contributed by atoms with E-state index < -0.39 is 23.3 Å². The van der Waals surface area contributed by atoms with Crippen LogP contribution in [0.25, 0.3) is 22.3 Å². The fourth-order valence-corrected chi connectivity index (χ4v) is 3.89. The summed E-state index contributed by atoms with van der Waals surface area (Å²) in [6, 6.07) is 20.1. The highest BCUT2D eigenvalue weighted by Gasteiger charge is 2.17. The summed E-state index contributed by atoms with van der Waals surface area (Å²) >= 11 is 0. The van der Waals surface area contributed by atoms with E-state index in [0.717, 1.165) is 11.1 Å². The molecule has 0 saturated heterocycles. The third-order valence-electron chi connectivity index (χ3n) is 5.82. The first-order valence-electron chi connectivity index (χ1n) is 11.1. The minimum Gasteiger partial charge on any atom is -0.491 e. The summed E-state index contributed by atoms with van der Waals surface area (Å²) in [7, 11) is 0. The summed E-state index contributed by atoms with van der Waals surface area (Å²) in [5.74, 6) is -4.02. The quantitative estimate of drug-likeness (QED) is 0.251. The van der Waals surface area contributed by atoms with Crippen molar-refractivity contribution in [1.82, 2.24) is 0 Å². The van der Waals surface area contributed by atoms with E-state index >= 15 is 0 Å². The summed E-state index contributed by atoms with van der Waals surface area (Å²) in [5, 5.41) is 0. The SMILES string of the molecule is CCOc1ccc(-c2ccc(-c3ccc(CCc4ccc(C)cc4)c(F)c3F)cc2)c(F)c1F. The monoisotopic (exact) mass is 464 g/mol. The molecule has 4 rings (SSSR count). The van der Waals surface area contributed by atoms with Crippen LogP contribution in [0.1, 0.15) is 23.6 Å². The van der Waals surface area contributed by atoms with Gasteiger partial charge in [0.25, 0.3) is 0 Å². The highest BCUT2D eigenvalue weighted by atomic mass is 19.2. The second kappa shape index (κ2) is 10.1. The Kier molecular flexibility index (Phi) is 7.01. The average Bonchev–Trinajstić information content (AvgIpc) is 2.84. The van der Waals surface area contributed by atoms with Crippen molar-refractivity contribution >= 4 is 0 Å². The number of hydrogen-bond acceptors (Lipinski definition) is 1. The zero-order valence-electron chi connectivity index (χ0n) is 19.0. The molecular weight excluding hydrogens is 440 g/mol. The van der Waals surface area contributed by atoms with Crippen molar-refractivity contribution in [3.05, 3.63) is 113 Å². The van der Waals surface area contributed by atoms with Gasteiger partial charge in [0, 0.05) is 11.1 Å². The molecule has 0 aliphatic rings. The smallest absolute Gasteiger partial charge is 0.201 e. The summed E-state index contributed by atoms with van der Waals surface area (Å²) in [6.07, 6.45) is 0.989. The summed E-state index contributed by atoms with van der Waals surface area (Å²) < 4.78 is 63.5. The number of halogens is 4. The molecule has 5 heteroatoms. The third-order valence-corrected chi connectivity index (χ3v) is 5.82. The first kappa shape index (κ1) is 23.6. The third kappa shape index (κ3) is 4.84. The van der Waals surface area contributed by atoms with E-state index in [1.807, 2.05) is 31.2 Å². The maximum Gasteiger partial charge on any atom is 0.201 e. The zero-order chi connectivity index (χ0) is 24.2. The lowest BCUT2D eigenvalue weighted by Crippen LogP contribution is -2.00. The molecule has 0 aliphatic heterocycles. The first-order valence-corrected chi connectivity index (χ1v) is 11.1. The van der Waals surface area contributed by atoms with Crippen molar-refractivity contribution < 1.29 is 22.3 Å². The molecule has 34 heavy (non-hydrogen) atoms. The van der Waals surface area contributed by atoms with E-state index in [4.69, 9.17) is 4.74 Å². The molecular formula is C29H24F4O. The van der Waals surface area contributed by atoms with Crippen LogP contribution >= 0.6 is 0 Å². The van der Waals surface area contributed by atoms with Gasteiger partial charge in [0.2, 0.25) is 5.82 Å². The van der Waals surface area contributed by atoms with Crippen molar-refractivity contribution in [2.24, 2.45) is 0 Å². The van der Waals surface area contributed by atoms with E-state index in [0.29, 0.717) is 29.5 Å². The number of aryl methyl sites for hydroxylation is 3. The predicted molar refractivity (Wildman–Crippen MR) is 127 cm³/mol. The van der Waals surface area contributed by atoms with Crippen LogP contribution in [-0.2, 0) is 12.8 Å². The highest BCUT2D eigenvalue weighted by Crippen LogP contribution is 2.33. The van der Waals surface area contributed by atoms with Crippen LogP contribution in [0.4, 0.5) is 17.6 Å². The Hall–Kier alpha value is -3.60. The molecule has 4 aromatic carbocycles. The van der Waals surface area contributed by atoms with Crippen LogP contribution in [-0.4, -0.2) is 6.61 Å². The Morgan fingerprint density at radius 1 is 0.588 bits per heavy atom. The van der Waals surface area contributed by atoms with Gasteiger partial charge in [-0.25, -0.2) is 13.2 Å². The van der Waals surface area contributed by atoms with Crippen LogP contribution < -0.4 is 4.74 Å². The zero-order valence-corrected chi connectivity index (χ0v) is 19.0. The molecule has 0 radical (unpaired) electrons. The van der Waals surface area contributed by atoms with Crippen LogP contribution in [0.15, 0.2) is 72.8 Å². The van der Waals surface area contributed by atoms with Crippen molar-refractivity contribution in [3.8, 4) is 28.0 Å². The molecule has 0 atom stereocenters. The summed E-state index contributed by atoms with van der Waals surface area (Å²) in [4.78, 5) is 0. The van der Waals surface area contributed by atoms with Gasteiger partial charge in [0.1, 0.15) is 0 Å². The van der Waals surface area contributed by atoms with E-state index in [1.165, 1.54) is 12.1 Å². The number of benzene rings is 4. The van der Waals surface area contributed by atoms with Gasteiger partial charge < -0.3 is 4.74 Å². The number of ether oxygens (including phenoxy) is 1. The van der Waals surface area contributed by atoms with E-state index in [9.17, 15) is 17.6 Å². The maximum atomic E-state index is 14.9. The summed E-state index contributed by atoms with van der Waals surface area (Å²) in [5.41, 5.74) is 3.54. The largest absolute Gasteiger partial charge is 0.491 e. The predicted octanol–water partition coefficient (Wildman–Crippen LogP) is 8.07.